The van der Waals surface area contributed by atoms with E-state index in [0.29, 0.717) is 12.8 Å². The fourth-order valence-corrected chi connectivity index (χ4v) is 3.23. The van der Waals surface area contributed by atoms with Crippen molar-refractivity contribution in [3.05, 3.63) is 0 Å². The molecule has 1 unspecified atom stereocenters. The van der Waals surface area contributed by atoms with Gasteiger partial charge in [-0.05, 0) is 12.8 Å². The first-order chi connectivity index (χ1) is 8.84. The Morgan fingerprint density at radius 1 is 1.37 bits per heavy atom. The van der Waals surface area contributed by atoms with Crippen molar-refractivity contribution in [3.8, 4) is 12.3 Å². The van der Waals surface area contributed by atoms with E-state index in [4.69, 9.17) is 11.5 Å². The van der Waals surface area contributed by atoms with Gasteiger partial charge in [0.25, 0.3) is 0 Å². The molecule has 1 aliphatic rings. The zero-order valence-electron chi connectivity index (χ0n) is 10.3. The summed E-state index contributed by atoms with van der Waals surface area (Å²) in [7, 11) is -2.99. The van der Waals surface area contributed by atoms with E-state index in [9.17, 15) is 18.0 Å². The molecule has 1 atom stereocenters. The highest BCUT2D eigenvalue weighted by atomic mass is 32.2. The summed E-state index contributed by atoms with van der Waals surface area (Å²) in [6.45, 7) is 0. The predicted octanol–water partition coefficient (Wildman–Crippen LogP) is -0.661. The molecular weight excluding hydrogens is 272 g/mol. The minimum absolute atomic E-state index is 0.0324. The first-order valence-electron chi connectivity index (χ1n) is 5.78. The highest BCUT2D eigenvalue weighted by molar-refractivity contribution is 7.91. The lowest BCUT2D eigenvalue weighted by Gasteiger charge is -2.24. The number of nitrogens with one attached hydrogen (secondary N) is 2. The Balaban J connectivity index is 2.43. The number of carboxylic acids is 1. The molecule has 7 nitrogen and oxygen atoms in total. The van der Waals surface area contributed by atoms with Gasteiger partial charge in [0.2, 0.25) is 0 Å². The van der Waals surface area contributed by atoms with Gasteiger partial charge < -0.3 is 15.7 Å². The molecule has 1 aliphatic heterocycles. The SMILES string of the molecule is C#CCC(NC(=O)NC1CCS(=O)(=O)CC1)C(=O)O. The summed E-state index contributed by atoms with van der Waals surface area (Å²) in [6, 6.07) is -2.05. The molecule has 3 N–H and O–H groups in total. The molecule has 2 amide bonds. The molecule has 1 saturated heterocycles. The highest BCUT2D eigenvalue weighted by Gasteiger charge is 2.26. The maximum atomic E-state index is 11.6. The van der Waals surface area contributed by atoms with Gasteiger partial charge in [0, 0.05) is 12.5 Å². The lowest BCUT2D eigenvalue weighted by Crippen LogP contribution is -2.50. The number of terminal acetylenes is 1. The van der Waals surface area contributed by atoms with Crippen molar-refractivity contribution in [1.29, 1.82) is 0 Å². The maximum Gasteiger partial charge on any atom is 0.327 e. The number of hydrogen-bond donors (Lipinski definition) is 3. The van der Waals surface area contributed by atoms with E-state index in [0.717, 1.165) is 0 Å². The van der Waals surface area contributed by atoms with Crippen LogP contribution >= 0.6 is 0 Å². The molecule has 0 bridgehead atoms. The summed E-state index contributed by atoms with van der Waals surface area (Å²) in [5, 5.41) is 13.6. The van der Waals surface area contributed by atoms with Crippen molar-refractivity contribution in [2.75, 3.05) is 11.5 Å². The van der Waals surface area contributed by atoms with Gasteiger partial charge in [0.15, 0.2) is 0 Å². The molecule has 0 saturated carbocycles. The zero-order valence-corrected chi connectivity index (χ0v) is 11.1. The Bertz CT molecular complexity index is 480. The highest BCUT2D eigenvalue weighted by Crippen LogP contribution is 2.11. The van der Waals surface area contributed by atoms with Crippen LogP contribution in [-0.2, 0) is 14.6 Å². The van der Waals surface area contributed by atoms with Crippen LogP contribution in [0.2, 0.25) is 0 Å². The molecule has 0 radical (unpaired) electrons. The van der Waals surface area contributed by atoms with E-state index in [1.54, 1.807) is 0 Å². The largest absolute Gasteiger partial charge is 0.480 e. The Hall–Kier alpha value is -1.75. The fraction of sp³-hybridized carbons (Fsp3) is 0.636. The second kappa shape index (κ2) is 6.43. The van der Waals surface area contributed by atoms with Gasteiger partial charge in [-0.3, -0.25) is 0 Å². The molecule has 0 aliphatic carbocycles. The summed E-state index contributed by atoms with van der Waals surface area (Å²) in [5.41, 5.74) is 0. The lowest BCUT2D eigenvalue weighted by molar-refractivity contribution is -0.139. The van der Waals surface area contributed by atoms with Gasteiger partial charge in [0.1, 0.15) is 15.9 Å². The normalized spacial score (nSPS) is 19.9. The fourth-order valence-electron chi connectivity index (χ4n) is 1.74. The maximum absolute atomic E-state index is 11.6. The second-order valence-corrected chi connectivity index (χ2v) is 6.65. The minimum atomic E-state index is -2.99. The van der Waals surface area contributed by atoms with Crippen LogP contribution in [0, 0.1) is 12.3 Å². The zero-order chi connectivity index (χ0) is 14.5. The average Bonchev–Trinajstić information content (AvgIpc) is 2.31. The number of amides is 2. The Kier molecular flexibility index (Phi) is 5.18. The molecule has 0 aromatic rings. The third-order valence-electron chi connectivity index (χ3n) is 2.82. The van der Waals surface area contributed by atoms with Crippen LogP contribution < -0.4 is 10.6 Å². The molecule has 1 heterocycles. The second-order valence-electron chi connectivity index (χ2n) is 4.34. The number of urea groups is 1. The van der Waals surface area contributed by atoms with Gasteiger partial charge >= 0.3 is 12.0 Å². The standard InChI is InChI=1S/C11H16N2O5S/c1-2-3-9(10(14)15)13-11(16)12-8-4-6-19(17,18)7-5-8/h1,8-9H,3-7H2,(H,14,15)(H2,12,13,16). The van der Waals surface area contributed by atoms with E-state index in [1.165, 1.54) is 0 Å². The molecule has 0 spiro atoms. The third kappa shape index (κ3) is 5.18. The van der Waals surface area contributed by atoms with Crippen LogP contribution in [-0.4, -0.2) is 49.1 Å². The molecule has 0 aromatic heterocycles. The van der Waals surface area contributed by atoms with Crippen molar-refractivity contribution in [2.24, 2.45) is 0 Å². The van der Waals surface area contributed by atoms with Crippen molar-refractivity contribution in [1.82, 2.24) is 10.6 Å². The van der Waals surface area contributed by atoms with Crippen LogP contribution in [0.25, 0.3) is 0 Å². The van der Waals surface area contributed by atoms with E-state index in [-0.39, 0.29) is 24.0 Å². The quantitative estimate of drug-likeness (QED) is 0.594. The summed E-state index contributed by atoms with van der Waals surface area (Å²) >= 11 is 0. The van der Waals surface area contributed by atoms with Gasteiger partial charge in [-0.1, -0.05) is 0 Å². The topological polar surface area (TPSA) is 113 Å². The van der Waals surface area contributed by atoms with Gasteiger partial charge in [0.05, 0.1) is 11.5 Å². The summed E-state index contributed by atoms with van der Waals surface area (Å²) in [6.07, 6.45) is 5.57. The van der Waals surface area contributed by atoms with Gasteiger partial charge in [-0.25, -0.2) is 18.0 Å². The molecule has 1 rings (SSSR count). The smallest absolute Gasteiger partial charge is 0.327 e. The first-order valence-corrected chi connectivity index (χ1v) is 7.60. The Labute approximate surface area is 111 Å². The number of hydrogen-bond acceptors (Lipinski definition) is 4. The molecule has 0 aromatic carbocycles. The van der Waals surface area contributed by atoms with E-state index in [1.807, 2.05) is 0 Å². The molecular formula is C11H16N2O5S. The van der Waals surface area contributed by atoms with Crippen LogP contribution in [0.3, 0.4) is 0 Å². The monoisotopic (exact) mass is 288 g/mol. The summed E-state index contributed by atoms with van der Waals surface area (Å²) in [5.74, 6) is 1.02. The Morgan fingerprint density at radius 2 is 1.95 bits per heavy atom. The molecule has 8 heteroatoms. The van der Waals surface area contributed by atoms with Crippen molar-refractivity contribution < 1.29 is 23.1 Å². The van der Waals surface area contributed by atoms with Crippen LogP contribution in [0.15, 0.2) is 0 Å². The van der Waals surface area contributed by atoms with Crippen LogP contribution in [0.5, 0.6) is 0 Å². The van der Waals surface area contributed by atoms with Gasteiger partial charge in [-0.2, -0.15) is 0 Å². The van der Waals surface area contributed by atoms with Gasteiger partial charge in [-0.15, -0.1) is 12.3 Å². The number of rotatable bonds is 4. The third-order valence-corrected chi connectivity index (χ3v) is 4.53. The number of carbonyl (C=O) groups is 2. The van der Waals surface area contributed by atoms with Crippen LogP contribution in [0.1, 0.15) is 19.3 Å². The Morgan fingerprint density at radius 3 is 2.42 bits per heavy atom. The number of carboxylic acid groups (broad SMARTS) is 1. The van der Waals surface area contributed by atoms with Crippen molar-refractivity contribution in [2.45, 2.75) is 31.3 Å². The minimum Gasteiger partial charge on any atom is -0.480 e. The summed E-state index contributed by atoms with van der Waals surface area (Å²) < 4.78 is 22.4. The van der Waals surface area contributed by atoms with Crippen LogP contribution in [0.4, 0.5) is 4.79 Å². The average molecular weight is 288 g/mol. The van der Waals surface area contributed by atoms with E-state index in [2.05, 4.69) is 16.6 Å². The first kappa shape index (κ1) is 15.3. The summed E-state index contributed by atoms with van der Waals surface area (Å²) in [4.78, 5) is 22.3. The number of sulfone groups is 1. The predicted molar refractivity (Wildman–Crippen MR) is 68.2 cm³/mol. The molecule has 1 fully saturated rings. The molecule has 19 heavy (non-hydrogen) atoms. The van der Waals surface area contributed by atoms with E-state index < -0.39 is 27.9 Å². The number of aliphatic carboxylic acids is 1. The van der Waals surface area contributed by atoms with Crippen molar-refractivity contribution >= 4 is 21.8 Å². The molecule has 106 valence electrons. The van der Waals surface area contributed by atoms with Crippen molar-refractivity contribution in [3.63, 3.8) is 0 Å². The number of carbonyl (C=O) groups excluding carboxylic acids is 1. The van der Waals surface area contributed by atoms with E-state index >= 15 is 0 Å². The lowest BCUT2D eigenvalue weighted by atomic mass is 10.1.